The number of hydrogen-bond acceptors (Lipinski definition) is 5. The maximum atomic E-state index is 9.50. The van der Waals surface area contributed by atoms with Crippen molar-refractivity contribution in [2.75, 3.05) is 34.8 Å². The number of nitrogens with zero attached hydrogens (tertiary/aromatic N) is 2. The van der Waals surface area contributed by atoms with Gasteiger partial charge in [-0.15, -0.1) is 11.6 Å². The Morgan fingerprint density at radius 1 is 0.381 bits per heavy atom. The van der Waals surface area contributed by atoms with E-state index in [0.717, 1.165) is 20.1 Å². The first-order valence-electron chi connectivity index (χ1n) is 27.9. The predicted octanol–water partition coefficient (Wildman–Crippen LogP) is 21.6. The van der Waals surface area contributed by atoms with E-state index >= 15 is 0 Å². The van der Waals surface area contributed by atoms with Crippen LogP contribution in [0, 0.1) is 83.8 Å². The Balaban J connectivity index is -0.000000153. The fourth-order valence-corrected chi connectivity index (χ4v) is 4.72. The van der Waals surface area contributed by atoms with Crippen LogP contribution in [-0.4, -0.2) is 49.8 Å². The van der Waals surface area contributed by atoms with Crippen LogP contribution in [0.1, 0.15) is 98.5 Å². The summed E-state index contributed by atoms with van der Waals surface area (Å²) in [4.78, 5) is 12.2. The van der Waals surface area contributed by atoms with Gasteiger partial charge in [0.15, 0.2) is 7.05 Å². The zero-order valence-corrected chi connectivity index (χ0v) is 56.2. The first-order valence-corrected chi connectivity index (χ1v) is 28.6. The Morgan fingerprint density at radius 3 is 0.536 bits per heavy atom. The van der Waals surface area contributed by atoms with Crippen LogP contribution in [0.2, 0.25) is 0 Å². The maximum absolute atomic E-state index is 9.50. The van der Waals surface area contributed by atoms with E-state index in [-0.39, 0.29) is 0 Å². The van der Waals surface area contributed by atoms with Gasteiger partial charge < -0.3 is 10.8 Å². The molecular formula is C76H111ClFN3O3. The highest BCUT2D eigenvalue weighted by atomic mass is 35.5. The van der Waals surface area contributed by atoms with Gasteiger partial charge in [-0.3, -0.25) is 19.5 Å². The second-order valence-electron chi connectivity index (χ2n) is 19.9. The highest BCUT2D eigenvalue weighted by molar-refractivity contribution is 6.15. The number of nitrogens with two attached hydrogens (primary N) is 1. The van der Waals surface area contributed by atoms with Crippen molar-refractivity contribution < 1.29 is 14.4 Å². The molecule has 8 aromatic carbocycles. The highest BCUT2D eigenvalue weighted by Crippen LogP contribution is 2.08. The minimum Gasteiger partial charge on any atom is -0.400 e. The molecule has 1 heterocycles. The van der Waals surface area contributed by atoms with Gasteiger partial charge in [0.1, 0.15) is 0 Å². The third kappa shape index (κ3) is 96.7. The molecule has 0 aliphatic heterocycles. The lowest BCUT2D eigenvalue weighted by Crippen LogP contribution is -1.93. The number of aromatic nitrogens is 1. The average Bonchev–Trinajstić information content (AvgIpc) is 3.48. The van der Waals surface area contributed by atoms with Gasteiger partial charge in [0.2, 0.25) is 0 Å². The van der Waals surface area contributed by atoms with E-state index < -0.39 is 4.92 Å². The van der Waals surface area contributed by atoms with Crippen molar-refractivity contribution in [2.45, 2.75) is 111 Å². The molecule has 0 bridgehead atoms. The summed E-state index contributed by atoms with van der Waals surface area (Å²) in [6.45, 7) is 33.9. The lowest BCUT2D eigenvalue weighted by atomic mass is 10.0. The van der Waals surface area contributed by atoms with Gasteiger partial charge in [-0.25, -0.2) is 0 Å². The predicted molar refractivity (Wildman–Crippen MR) is 374 cm³/mol. The Hall–Kier alpha value is -7.55. The van der Waals surface area contributed by atoms with Crippen molar-refractivity contribution in [3.8, 4) is 0 Å². The summed E-state index contributed by atoms with van der Waals surface area (Å²) in [5, 5.41) is 15.8. The van der Waals surface area contributed by atoms with Crippen molar-refractivity contribution in [1.29, 1.82) is 0 Å². The van der Waals surface area contributed by atoms with Crippen LogP contribution in [-0.2, 0) is 0 Å². The number of halogens is 2. The minimum atomic E-state index is -0.500. The van der Waals surface area contributed by atoms with Crippen LogP contribution in [0.5, 0.6) is 0 Å². The third-order valence-electron chi connectivity index (χ3n) is 8.33. The fourth-order valence-electron chi connectivity index (χ4n) is 4.72. The number of aryl methyl sites for hydroxylation is 9. The molecule has 0 amide bonds. The monoisotopic (exact) mass is 1170 g/mol. The van der Waals surface area contributed by atoms with Crippen LogP contribution in [0.3, 0.4) is 0 Å². The smallest absolute Gasteiger partial charge is 0.194 e. The topological polar surface area (TPSA) is 102 Å². The summed E-state index contributed by atoms with van der Waals surface area (Å²) in [6.07, 6.45) is 5.08. The number of rotatable bonds is 0. The number of benzene rings is 8. The zero-order valence-electron chi connectivity index (χ0n) is 55.5. The third-order valence-corrected chi connectivity index (χ3v) is 8.33. The molecule has 3 N–H and O–H groups in total. The van der Waals surface area contributed by atoms with E-state index in [1.807, 2.05) is 171 Å². The van der Waals surface area contributed by atoms with Gasteiger partial charge in [-0.1, -0.05) is 342 Å². The second-order valence-corrected chi connectivity index (χ2v) is 19.9. The van der Waals surface area contributed by atoms with Gasteiger partial charge in [-0.05, 0) is 92.3 Å². The summed E-state index contributed by atoms with van der Waals surface area (Å²) in [6, 6.07) is 86.0. The van der Waals surface area contributed by atoms with Crippen LogP contribution in [0.15, 0.2) is 267 Å². The van der Waals surface area contributed by atoms with Gasteiger partial charge in [0.25, 0.3) is 0 Å². The lowest BCUT2D eigenvalue weighted by molar-refractivity contribution is -0.445. The normalized spacial score (nSPS) is 8.26. The zero-order chi connectivity index (χ0) is 65.7. The van der Waals surface area contributed by atoms with E-state index in [4.69, 9.17) is 15.2 Å². The number of hydrogen-bond donors (Lipinski definition) is 2. The first kappa shape index (κ1) is 90.2. The summed E-state index contributed by atoms with van der Waals surface area (Å²) in [7, 11) is 3.89. The van der Waals surface area contributed by atoms with Crippen molar-refractivity contribution in [2.24, 2.45) is 17.1 Å². The van der Waals surface area contributed by atoms with Crippen molar-refractivity contribution in [3.05, 3.63) is 327 Å². The summed E-state index contributed by atoms with van der Waals surface area (Å²) in [5.41, 5.74) is 16.8. The van der Waals surface area contributed by atoms with Crippen molar-refractivity contribution in [1.82, 2.24) is 4.98 Å². The molecule has 1 aromatic heterocycles. The van der Waals surface area contributed by atoms with Gasteiger partial charge >= 0.3 is 0 Å². The van der Waals surface area contributed by atoms with E-state index in [0.29, 0.717) is 12.6 Å². The molecule has 0 radical (unpaired) electrons. The Kier molecular flexibility index (Phi) is 76.9. The molecule has 462 valence electrons. The Bertz CT molecular complexity index is 2000. The van der Waals surface area contributed by atoms with Crippen molar-refractivity contribution >= 4 is 11.6 Å². The molecule has 0 aliphatic rings. The first-order chi connectivity index (χ1) is 40.0. The van der Waals surface area contributed by atoms with Gasteiger partial charge in [0, 0.05) is 30.8 Å². The summed E-state index contributed by atoms with van der Waals surface area (Å²) in [5.74, 6) is 0.833. The molecule has 0 spiro atoms. The molecule has 8 heteroatoms. The molecule has 0 saturated carbocycles. The molecule has 6 nitrogen and oxygen atoms in total. The summed E-state index contributed by atoms with van der Waals surface area (Å²) < 4.78 is 9.50. The van der Waals surface area contributed by atoms with E-state index in [2.05, 4.69) is 223 Å². The minimum absolute atomic E-state index is 0.500. The van der Waals surface area contributed by atoms with Crippen LogP contribution < -0.4 is 5.73 Å². The van der Waals surface area contributed by atoms with Gasteiger partial charge in [0.05, 0.1) is 7.18 Å². The SMILES string of the molecule is CC(C)(C)C.CC(C)C.CCl.CF.CN.CO.C[N+](=O)[O-].Cc1ccccc1.Cc1ccccc1.Cc1ccccc1.Cc1ccccc1.Cc1ccccc1.Cc1ccccc1.Cc1ccccc1.Cc1ccccc1.Cc1cccnc1. The molecule has 9 aromatic rings. The Morgan fingerprint density at radius 2 is 0.488 bits per heavy atom. The summed E-state index contributed by atoms with van der Waals surface area (Å²) >= 11 is 4.64. The molecule has 84 heavy (non-hydrogen) atoms. The van der Waals surface area contributed by atoms with Crippen LogP contribution in [0.4, 0.5) is 4.39 Å². The van der Waals surface area contributed by atoms with Gasteiger partial charge in [-0.2, -0.15) is 0 Å². The number of aliphatic hydroxyl groups is 1. The quantitative estimate of drug-likeness (QED) is 0.0895. The van der Waals surface area contributed by atoms with E-state index in [1.165, 1.54) is 63.5 Å². The molecule has 0 saturated heterocycles. The largest absolute Gasteiger partial charge is 0.400 e. The molecule has 0 unspecified atom stereocenters. The van der Waals surface area contributed by atoms with E-state index in [1.54, 1.807) is 6.20 Å². The lowest BCUT2D eigenvalue weighted by Gasteiger charge is -2.05. The molecule has 0 aliphatic carbocycles. The number of aliphatic hydroxyl groups excluding tert-OH is 1. The van der Waals surface area contributed by atoms with E-state index in [9.17, 15) is 4.39 Å². The van der Waals surface area contributed by atoms with Crippen LogP contribution in [0.25, 0.3) is 0 Å². The van der Waals surface area contributed by atoms with Crippen molar-refractivity contribution in [3.63, 3.8) is 0 Å². The fraction of sp³-hybridized carbons (Fsp3) is 0.303. The highest BCUT2D eigenvalue weighted by Gasteiger charge is 1.95. The van der Waals surface area contributed by atoms with Crippen LogP contribution >= 0.6 is 11.6 Å². The second kappa shape index (κ2) is 71.6. The number of alkyl halides is 2. The average molecular weight is 1170 g/mol. The molecular weight excluding hydrogens is 1060 g/mol. The molecule has 0 atom stereocenters. The molecule has 0 fully saturated rings. The number of nitro groups is 1. The maximum Gasteiger partial charge on any atom is 0.194 e. The molecule has 9 rings (SSSR count). The standard InChI is InChI=1S/8C7H8.C6H7N.C5H12.C4H10.CH3Cl.CH3F.CH3NO2.CH5N.CH4O/c8*1-7-5-3-2-4-6-7;1-6-3-2-4-7-5-6;1-5(2,3)4;1-4(2)3;2*1-2;1-2(3)4;2*1-2/h8*2-6H,1H3;2-5H,1H3;1-4H3;4H,1-3H3;2*1H3;1H3;2H2,1H3;2H,1H3. The Labute approximate surface area is 518 Å². The number of pyridine rings is 1.